The van der Waals surface area contributed by atoms with Crippen LogP contribution in [0.15, 0.2) is 78.9 Å². The lowest BCUT2D eigenvalue weighted by Gasteiger charge is -2.35. The number of hydrogen-bond donors (Lipinski definition) is 0. The molecule has 0 saturated heterocycles. The van der Waals surface area contributed by atoms with Gasteiger partial charge in [-0.05, 0) is 53.6 Å². The Morgan fingerprint density at radius 1 is 0.689 bits per heavy atom. The molecule has 0 radical (unpaired) electrons. The summed E-state index contributed by atoms with van der Waals surface area (Å²) >= 11 is 0. The number of ketones is 2. The first-order chi connectivity index (χ1) is 21.9. The zero-order valence-electron chi connectivity index (χ0n) is 25.9. The number of methoxy groups -OCH3 is 6. The van der Waals surface area contributed by atoms with Crippen LogP contribution in [0.4, 0.5) is 0 Å². The summed E-state index contributed by atoms with van der Waals surface area (Å²) in [4.78, 5) is 28.3. The number of Topliss-reactive ketones (excluding diaryl/α,β-unsaturated/α-hetero) is 1. The molecule has 0 spiro atoms. The standard InChI is InChI=1S/C36H34O9/c1-39-23-12-7-21(8-13-23)9-18-27(37)31-29(42-4)20-30(43-5)32(36(31)44-6)33-34(38)26-17-16-25(41-3)19-28(26)45-35(33)22-10-14-24(40-2)15-11-22/h7-20,33,35H,1-6H3/t33-,35+/m1/s1. The SMILES string of the molecule is COc1ccc(C=CC(=O)c2c(OC)cc(OC)c([C@@H]3C(=O)c4ccc(OC)cc4O[C@H]3c3ccc(OC)cc3)c2OC)cc1. The zero-order valence-corrected chi connectivity index (χ0v) is 25.9. The van der Waals surface area contributed by atoms with Crippen molar-refractivity contribution in [2.75, 3.05) is 42.7 Å². The van der Waals surface area contributed by atoms with Gasteiger partial charge in [-0.15, -0.1) is 0 Å². The zero-order chi connectivity index (χ0) is 32.1. The Morgan fingerprint density at radius 3 is 1.87 bits per heavy atom. The number of hydrogen-bond acceptors (Lipinski definition) is 9. The molecule has 9 nitrogen and oxygen atoms in total. The summed E-state index contributed by atoms with van der Waals surface area (Å²) in [6.45, 7) is 0. The van der Waals surface area contributed by atoms with E-state index in [1.807, 2.05) is 24.3 Å². The van der Waals surface area contributed by atoms with E-state index in [1.54, 1.807) is 75.9 Å². The van der Waals surface area contributed by atoms with Gasteiger partial charge in [0.25, 0.3) is 0 Å². The summed E-state index contributed by atoms with van der Waals surface area (Å²) < 4.78 is 39.9. The summed E-state index contributed by atoms with van der Waals surface area (Å²) in [5.41, 5.74) is 2.35. The second-order valence-electron chi connectivity index (χ2n) is 10.1. The van der Waals surface area contributed by atoms with E-state index in [-0.39, 0.29) is 22.8 Å². The van der Waals surface area contributed by atoms with Crippen LogP contribution in [0, 0.1) is 0 Å². The Labute approximate surface area is 261 Å². The van der Waals surface area contributed by atoms with E-state index in [4.69, 9.17) is 33.2 Å². The van der Waals surface area contributed by atoms with Crippen LogP contribution in [0.1, 0.15) is 49.4 Å². The Kier molecular flexibility index (Phi) is 9.28. The molecule has 2 atom stereocenters. The van der Waals surface area contributed by atoms with Crippen LogP contribution < -0.4 is 33.2 Å². The Bertz CT molecular complexity index is 1720. The number of benzene rings is 4. The lowest BCUT2D eigenvalue weighted by atomic mass is 9.79. The normalized spacial score (nSPS) is 15.6. The Morgan fingerprint density at radius 2 is 1.29 bits per heavy atom. The van der Waals surface area contributed by atoms with Crippen molar-refractivity contribution in [3.63, 3.8) is 0 Å². The molecule has 9 heteroatoms. The van der Waals surface area contributed by atoms with Crippen LogP contribution in [-0.4, -0.2) is 54.2 Å². The molecule has 1 aliphatic rings. The van der Waals surface area contributed by atoms with Crippen LogP contribution in [0.2, 0.25) is 0 Å². The average molecular weight is 611 g/mol. The van der Waals surface area contributed by atoms with Crippen molar-refractivity contribution in [1.29, 1.82) is 0 Å². The number of carbonyl (C=O) groups excluding carboxylic acids is 2. The highest BCUT2D eigenvalue weighted by molar-refractivity contribution is 6.12. The molecule has 45 heavy (non-hydrogen) atoms. The van der Waals surface area contributed by atoms with Gasteiger partial charge in [0.15, 0.2) is 11.6 Å². The van der Waals surface area contributed by atoms with Crippen molar-refractivity contribution < 1.29 is 42.7 Å². The molecule has 4 aromatic rings. The molecule has 0 aromatic heterocycles. The quantitative estimate of drug-likeness (QED) is 0.135. The molecular weight excluding hydrogens is 576 g/mol. The average Bonchev–Trinajstić information content (AvgIpc) is 3.09. The molecule has 0 fully saturated rings. The van der Waals surface area contributed by atoms with Crippen molar-refractivity contribution in [3.05, 3.63) is 107 Å². The van der Waals surface area contributed by atoms with Gasteiger partial charge in [-0.25, -0.2) is 0 Å². The van der Waals surface area contributed by atoms with Crippen molar-refractivity contribution in [2.24, 2.45) is 0 Å². The molecule has 232 valence electrons. The molecule has 0 amide bonds. The molecule has 5 rings (SSSR count). The number of ether oxygens (including phenoxy) is 7. The monoisotopic (exact) mass is 610 g/mol. The molecule has 0 bridgehead atoms. The van der Waals surface area contributed by atoms with Gasteiger partial charge in [0, 0.05) is 12.1 Å². The minimum Gasteiger partial charge on any atom is -0.497 e. The molecule has 1 aliphatic heterocycles. The number of fused-ring (bicyclic) bond motifs is 1. The fourth-order valence-corrected chi connectivity index (χ4v) is 5.44. The molecular formula is C36H34O9. The van der Waals surface area contributed by atoms with Gasteiger partial charge in [-0.3, -0.25) is 9.59 Å². The molecule has 0 aliphatic carbocycles. The van der Waals surface area contributed by atoms with E-state index in [1.165, 1.54) is 27.4 Å². The molecule has 0 N–H and O–H groups in total. The van der Waals surface area contributed by atoms with E-state index in [9.17, 15) is 9.59 Å². The van der Waals surface area contributed by atoms with Gasteiger partial charge in [-0.1, -0.05) is 30.3 Å². The minimum atomic E-state index is -0.966. The largest absolute Gasteiger partial charge is 0.497 e. The van der Waals surface area contributed by atoms with Crippen LogP contribution >= 0.6 is 0 Å². The fourth-order valence-electron chi connectivity index (χ4n) is 5.44. The van der Waals surface area contributed by atoms with Crippen LogP contribution in [0.25, 0.3) is 6.08 Å². The maximum absolute atomic E-state index is 14.5. The maximum Gasteiger partial charge on any atom is 0.193 e. The van der Waals surface area contributed by atoms with Crippen molar-refractivity contribution in [2.45, 2.75) is 12.0 Å². The second-order valence-corrected chi connectivity index (χ2v) is 10.1. The minimum absolute atomic E-state index is 0.141. The summed E-state index contributed by atoms with van der Waals surface area (Å²) in [6.07, 6.45) is 2.29. The summed E-state index contributed by atoms with van der Waals surface area (Å²) in [6, 6.07) is 21.2. The third-order valence-corrected chi connectivity index (χ3v) is 7.73. The van der Waals surface area contributed by atoms with E-state index >= 15 is 0 Å². The summed E-state index contributed by atoms with van der Waals surface area (Å²) in [5.74, 6) is 1.35. The van der Waals surface area contributed by atoms with E-state index in [0.717, 1.165) is 5.56 Å². The lowest BCUT2D eigenvalue weighted by Crippen LogP contribution is -2.31. The topological polar surface area (TPSA) is 98.8 Å². The number of allylic oxidation sites excluding steroid dienone is 1. The van der Waals surface area contributed by atoms with E-state index < -0.39 is 17.8 Å². The molecule has 0 unspecified atom stereocenters. The first kappa shape index (κ1) is 31.0. The third-order valence-electron chi connectivity index (χ3n) is 7.73. The fraction of sp³-hybridized carbons (Fsp3) is 0.222. The second kappa shape index (κ2) is 13.5. The number of carbonyl (C=O) groups is 2. The maximum atomic E-state index is 14.5. The lowest BCUT2D eigenvalue weighted by molar-refractivity contribution is 0.0772. The summed E-state index contributed by atoms with van der Waals surface area (Å²) in [7, 11) is 9.09. The van der Waals surface area contributed by atoms with E-state index in [2.05, 4.69) is 0 Å². The van der Waals surface area contributed by atoms with Crippen molar-refractivity contribution in [3.8, 4) is 40.2 Å². The first-order valence-electron chi connectivity index (χ1n) is 14.1. The molecule has 0 saturated carbocycles. The van der Waals surface area contributed by atoms with Gasteiger partial charge >= 0.3 is 0 Å². The van der Waals surface area contributed by atoms with Gasteiger partial charge in [-0.2, -0.15) is 0 Å². The number of rotatable bonds is 11. The van der Waals surface area contributed by atoms with Crippen molar-refractivity contribution in [1.82, 2.24) is 0 Å². The Hall–Kier alpha value is -5.44. The van der Waals surface area contributed by atoms with Gasteiger partial charge in [0.05, 0.1) is 59.7 Å². The highest BCUT2D eigenvalue weighted by Crippen LogP contribution is 2.52. The van der Waals surface area contributed by atoms with Crippen LogP contribution in [0.5, 0.6) is 40.2 Å². The van der Waals surface area contributed by atoms with Crippen LogP contribution in [-0.2, 0) is 0 Å². The van der Waals surface area contributed by atoms with Crippen LogP contribution in [0.3, 0.4) is 0 Å². The van der Waals surface area contributed by atoms with Gasteiger partial charge < -0.3 is 33.2 Å². The molecule has 1 heterocycles. The first-order valence-corrected chi connectivity index (χ1v) is 14.1. The highest BCUT2D eigenvalue weighted by atomic mass is 16.5. The predicted octanol–water partition coefficient (Wildman–Crippen LogP) is 6.73. The summed E-state index contributed by atoms with van der Waals surface area (Å²) in [5, 5.41) is 0. The smallest absolute Gasteiger partial charge is 0.193 e. The predicted molar refractivity (Wildman–Crippen MR) is 169 cm³/mol. The highest BCUT2D eigenvalue weighted by Gasteiger charge is 2.44. The van der Waals surface area contributed by atoms with Gasteiger partial charge in [0.2, 0.25) is 0 Å². The van der Waals surface area contributed by atoms with Gasteiger partial charge in [0.1, 0.15) is 51.9 Å². The van der Waals surface area contributed by atoms with Crippen molar-refractivity contribution >= 4 is 17.6 Å². The molecule has 4 aromatic carbocycles. The Balaban J connectivity index is 1.69. The van der Waals surface area contributed by atoms with E-state index in [0.29, 0.717) is 45.4 Å². The third kappa shape index (κ3) is 6.02.